The minimum absolute atomic E-state index is 0.924. The van der Waals surface area contributed by atoms with Crippen LogP contribution >= 0.6 is 15.9 Å². The Morgan fingerprint density at radius 3 is 3.00 bits per heavy atom. The van der Waals surface area contributed by atoms with Gasteiger partial charge in [0.25, 0.3) is 0 Å². The van der Waals surface area contributed by atoms with E-state index in [1.807, 2.05) is 6.07 Å². The van der Waals surface area contributed by atoms with Crippen LogP contribution in [0.1, 0.15) is 18.4 Å². The zero-order valence-electron chi connectivity index (χ0n) is 8.27. The third kappa shape index (κ3) is 1.73. The third-order valence-electron chi connectivity index (χ3n) is 2.60. The molecule has 1 N–H and O–H groups in total. The molecule has 1 aliphatic heterocycles. The fourth-order valence-electron chi connectivity index (χ4n) is 1.82. The molecule has 0 aliphatic carbocycles. The lowest BCUT2D eigenvalue weighted by Crippen LogP contribution is -2.00. The average Bonchev–Trinajstić information content (AvgIpc) is 2.44. The summed E-state index contributed by atoms with van der Waals surface area (Å²) in [4.78, 5) is 0. The lowest BCUT2D eigenvalue weighted by molar-refractivity contribution is 0.411. The topological polar surface area (TPSA) is 21.3 Å². The molecule has 0 bridgehead atoms. The molecule has 0 saturated heterocycles. The molecule has 0 fully saturated rings. The van der Waals surface area contributed by atoms with E-state index in [1.165, 1.54) is 24.1 Å². The van der Waals surface area contributed by atoms with Gasteiger partial charge in [0.2, 0.25) is 0 Å². The van der Waals surface area contributed by atoms with Crippen LogP contribution < -0.4 is 10.1 Å². The van der Waals surface area contributed by atoms with Gasteiger partial charge >= 0.3 is 0 Å². The number of methoxy groups -OCH3 is 1. The summed E-state index contributed by atoms with van der Waals surface area (Å²) in [5, 5.41) is 3.43. The monoisotopic (exact) mass is 255 g/mol. The zero-order chi connectivity index (χ0) is 9.97. The number of nitrogens with one attached hydrogen (secondary N) is 1. The van der Waals surface area contributed by atoms with Crippen LogP contribution in [0.5, 0.6) is 5.75 Å². The Morgan fingerprint density at radius 2 is 2.21 bits per heavy atom. The molecule has 0 amide bonds. The average molecular weight is 256 g/mol. The minimum Gasteiger partial charge on any atom is -0.496 e. The number of rotatable bonds is 1. The third-order valence-corrected chi connectivity index (χ3v) is 3.47. The van der Waals surface area contributed by atoms with Gasteiger partial charge in [0.05, 0.1) is 11.6 Å². The van der Waals surface area contributed by atoms with Crippen LogP contribution in [0.15, 0.2) is 16.6 Å². The molecule has 0 aromatic heterocycles. The van der Waals surface area contributed by atoms with Gasteiger partial charge in [0.15, 0.2) is 0 Å². The predicted molar refractivity (Wildman–Crippen MR) is 62.1 cm³/mol. The molecule has 0 radical (unpaired) electrons. The van der Waals surface area contributed by atoms with Crippen molar-refractivity contribution in [2.75, 3.05) is 19.0 Å². The van der Waals surface area contributed by atoms with Crippen molar-refractivity contribution in [3.05, 3.63) is 22.2 Å². The molecule has 0 spiro atoms. The van der Waals surface area contributed by atoms with Crippen molar-refractivity contribution in [3.63, 3.8) is 0 Å². The van der Waals surface area contributed by atoms with Crippen molar-refractivity contribution in [2.45, 2.75) is 19.3 Å². The minimum atomic E-state index is 0.924. The van der Waals surface area contributed by atoms with E-state index in [2.05, 4.69) is 27.3 Å². The van der Waals surface area contributed by atoms with E-state index < -0.39 is 0 Å². The van der Waals surface area contributed by atoms with Crippen molar-refractivity contribution in [3.8, 4) is 5.75 Å². The molecule has 1 aromatic carbocycles. The van der Waals surface area contributed by atoms with E-state index in [4.69, 9.17) is 4.74 Å². The van der Waals surface area contributed by atoms with Crippen molar-refractivity contribution in [1.29, 1.82) is 0 Å². The Kier molecular flexibility index (Phi) is 2.96. The van der Waals surface area contributed by atoms with Crippen molar-refractivity contribution < 1.29 is 4.74 Å². The summed E-state index contributed by atoms with van der Waals surface area (Å²) in [5.41, 5.74) is 2.59. The largest absolute Gasteiger partial charge is 0.496 e. The summed E-state index contributed by atoms with van der Waals surface area (Å²) < 4.78 is 6.38. The number of halogens is 1. The van der Waals surface area contributed by atoms with E-state index in [9.17, 15) is 0 Å². The van der Waals surface area contributed by atoms with Crippen LogP contribution in [0.3, 0.4) is 0 Å². The van der Waals surface area contributed by atoms with E-state index >= 15 is 0 Å². The fourth-order valence-corrected chi connectivity index (χ4v) is 2.52. The van der Waals surface area contributed by atoms with Crippen LogP contribution in [0.2, 0.25) is 0 Å². The van der Waals surface area contributed by atoms with Gasteiger partial charge in [0, 0.05) is 12.2 Å². The quantitative estimate of drug-likeness (QED) is 0.833. The van der Waals surface area contributed by atoms with Crippen LogP contribution in [0.25, 0.3) is 0 Å². The van der Waals surface area contributed by atoms with Crippen LogP contribution in [0.4, 0.5) is 5.69 Å². The number of ether oxygens (including phenoxy) is 1. The van der Waals surface area contributed by atoms with E-state index in [0.717, 1.165) is 23.2 Å². The molecule has 1 aliphatic rings. The van der Waals surface area contributed by atoms with E-state index in [-0.39, 0.29) is 0 Å². The first-order valence-corrected chi connectivity index (χ1v) is 5.71. The van der Waals surface area contributed by atoms with Gasteiger partial charge in [-0.25, -0.2) is 0 Å². The van der Waals surface area contributed by atoms with Crippen LogP contribution in [-0.4, -0.2) is 13.7 Å². The Morgan fingerprint density at radius 1 is 1.36 bits per heavy atom. The summed E-state index contributed by atoms with van der Waals surface area (Å²) >= 11 is 3.60. The molecule has 3 heteroatoms. The first kappa shape index (κ1) is 9.84. The highest BCUT2D eigenvalue weighted by Crippen LogP contribution is 2.35. The molecule has 0 saturated carbocycles. The van der Waals surface area contributed by atoms with E-state index in [0.29, 0.717) is 0 Å². The smallest absolute Gasteiger partial charge is 0.133 e. The number of anilines is 1. The van der Waals surface area contributed by atoms with Gasteiger partial charge in [-0.05, 0) is 52.9 Å². The van der Waals surface area contributed by atoms with Crippen molar-refractivity contribution >= 4 is 21.6 Å². The summed E-state index contributed by atoms with van der Waals surface area (Å²) in [6.45, 7) is 1.08. The number of hydrogen-bond acceptors (Lipinski definition) is 2. The van der Waals surface area contributed by atoms with Gasteiger partial charge in [-0.15, -0.1) is 0 Å². The maximum atomic E-state index is 5.28. The van der Waals surface area contributed by atoms with Crippen molar-refractivity contribution in [2.24, 2.45) is 0 Å². The summed E-state index contributed by atoms with van der Waals surface area (Å²) in [6.07, 6.45) is 3.61. The van der Waals surface area contributed by atoms with Crippen LogP contribution in [0, 0.1) is 0 Å². The maximum Gasteiger partial charge on any atom is 0.133 e. The Hall–Kier alpha value is -0.700. The number of fused-ring (bicyclic) bond motifs is 1. The van der Waals surface area contributed by atoms with Gasteiger partial charge in [-0.3, -0.25) is 0 Å². The fraction of sp³-hybridized carbons (Fsp3) is 0.455. The van der Waals surface area contributed by atoms with Gasteiger partial charge in [0.1, 0.15) is 5.75 Å². The Balaban J connectivity index is 2.44. The molecule has 1 aromatic rings. The highest BCUT2D eigenvalue weighted by Gasteiger charge is 2.13. The second-order valence-corrected chi connectivity index (χ2v) is 4.28. The predicted octanol–water partition coefficient (Wildman–Crippen LogP) is 3.21. The van der Waals surface area contributed by atoms with Crippen LogP contribution in [-0.2, 0) is 6.42 Å². The normalized spacial score (nSPS) is 15.3. The van der Waals surface area contributed by atoms with Gasteiger partial charge in [-0.2, -0.15) is 0 Å². The highest BCUT2D eigenvalue weighted by molar-refractivity contribution is 9.10. The lowest BCUT2D eigenvalue weighted by atomic mass is 10.1. The molecule has 14 heavy (non-hydrogen) atoms. The highest BCUT2D eigenvalue weighted by atomic mass is 79.9. The molecule has 0 unspecified atom stereocenters. The second-order valence-electron chi connectivity index (χ2n) is 3.49. The molecule has 2 nitrogen and oxygen atoms in total. The maximum absolute atomic E-state index is 5.28. The Bertz CT molecular complexity index is 338. The molecular formula is C11H14BrNO. The first-order chi connectivity index (χ1) is 6.83. The number of benzene rings is 1. The SMILES string of the molecule is COc1ccc2c(c1Br)CCCCN2. The molecule has 76 valence electrons. The molecule has 2 rings (SSSR count). The standard InChI is InChI=1S/C11H14BrNO/c1-14-10-6-5-9-8(11(10)12)4-2-3-7-13-9/h5-6,13H,2-4,7H2,1H3. The van der Waals surface area contributed by atoms with Gasteiger partial charge < -0.3 is 10.1 Å². The summed E-state index contributed by atoms with van der Waals surface area (Å²) in [5.74, 6) is 0.924. The molecule has 0 atom stereocenters. The molecule has 1 heterocycles. The number of hydrogen-bond donors (Lipinski definition) is 1. The second kappa shape index (κ2) is 4.22. The summed E-state index contributed by atoms with van der Waals surface area (Å²) in [6, 6.07) is 4.10. The summed E-state index contributed by atoms with van der Waals surface area (Å²) in [7, 11) is 1.70. The van der Waals surface area contributed by atoms with Gasteiger partial charge in [-0.1, -0.05) is 0 Å². The first-order valence-electron chi connectivity index (χ1n) is 4.92. The Labute approximate surface area is 92.8 Å². The zero-order valence-corrected chi connectivity index (χ0v) is 9.86. The molecular weight excluding hydrogens is 242 g/mol. The van der Waals surface area contributed by atoms with E-state index in [1.54, 1.807) is 7.11 Å². The van der Waals surface area contributed by atoms with Crippen molar-refractivity contribution in [1.82, 2.24) is 0 Å². The lowest BCUT2D eigenvalue weighted by Gasteiger charge is -2.12.